The van der Waals surface area contributed by atoms with Gasteiger partial charge in [-0.2, -0.15) is 13.2 Å². The van der Waals surface area contributed by atoms with E-state index in [1.54, 1.807) is 6.07 Å². The average molecular weight is 407 g/mol. The van der Waals surface area contributed by atoms with Crippen LogP contribution in [0.4, 0.5) is 19.0 Å². The standard InChI is InChI=1S/C14H13F3IN3/c1-2-4-10-11(18)12(19)21-13(20-10)8-5-3-6-9(7-8)14(15,16)17/h3,5-7H,2,4H2,1H3,(H2,19,20,21). The van der Waals surface area contributed by atoms with E-state index in [4.69, 9.17) is 5.73 Å². The minimum atomic E-state index is -4.39. The van der Waals surface area contributed by atoms with Gasteiger partial charge in [0.25, 0.3) is 0 Å². The lowest BCUT2D eigenvalue weighted by Gasteiger charge is -2.10. The van der Waals surface area contributed by atoms with Crippen molar-refractivity contribution in [2.45, 2.75) is 25.9 Å². The Morgan fingerprint density at radius 2 is 1.95 bits per heavy atom. The normalized spacial score (nSPS) is 11.7. The monoisotopic (exact) mass is 407 g/mol. The fraction of sp³-hybridized carbons (Fsp3) is 0.286. The summed E-state index contributed by atoms with van der Waals surface area (Å²) >= 11 is 2.05. The zero-order valence-corrected chi connectivity index (χ0v) is 13.4. The van der Waals surface area contributed by atoms with Crippen molar-refractivity contribution in [1.29, 1.82) is 0 Å². The fourth-order valence-corrected chi connectivity index (χ4v) is 2.39. The maximum atomic E-state index is 12.8. The third-order valence-corrected chi connectivity index (χ3v) is 4.06. The average Bonchev–Trinajstić information content (AvgIpc) is 2.43. The molecule has 2 N–H and O–H groups in total. The van der Waals surface area contributed by atoms with E-state index >= 15 is 0 Å². The van der Waals surface area contributed by atoms with Gasteiger partial charge in [-0.1, -0.05) is 25.5 Å². The van der Waals surface area contributed by atoms with Crippen LogP contribution in [0.3, 0.4) is 0 Å². The van der Waals surface area contributed by atoms with E-state index in [-0.39, 0.29) is 5.82 Å². The second-order valence-corrected chi connectivity index (χ2v) is 5.60. The van der Waals surface area contributed by atoms with Gasteiger partial charge in [0, 0.05) is 5.56 Å². The van der Waals surface area contributed by atoms with Crippen molar-refractivity contribution in [2.75, 3.05) is 5.73 Å². The van der Waals surface area contributed by atoms with Crippen LogP contribution in [0, 0.1) is 3.57 Å². The summed E-state index contributed by atoms with van der Waals surface area (Å²) in [5.74, 6) is 0.518. The SMILES string of the molecule is CCCc1nc(-c2cccc(C(F)(F)F)c2)nc(N)c1I. The third-order valence-electron chi connectivity index (χ3n) is 2.88. The first-order valence-electron chi connectivity index (χ1n) is 6.32. The largest absolute Gasteiger partial charge is 0.416 e. The van der Waals surface area contributed by atoms with Crippen LogP contribution in [0.2, 0.25) is 0 Å². The van der Waals surface area contributed by atoms with Crippen molar-refractivity contribution >= 4 is 28.4 Å². The van der Waals surface area contributed by atoms with E-state index in [0.717, 1.165) is 27.8 Å². The Kier molecular flexibility index (Phi) is 4.70. The van der Waals surface area contributed by atoms with Crippen molar-refractivity contribution in [3.05, 3.63) is 39.1 Å². The van der Waals surface area contributed by atoms with Crippen molar-refractivity contribution < 1.29 is 13.2 Å². The molecule has 0 aliphatic carbocycles. The third kappa shape index (κ3) is 3.63. The first-order chi connectivity index (χ1) is 9.82. The molecule has 112 valence electrons. The molecular weight excluding hydrogens is 394 g/mol. The molecule has 0 atom stereocenters. The lowest BCUT2D eigenvalue weighted by Crippen LogP contribution is -2.07. The summed E-state index contributed by atoms with van der Waals surface area (Å²) < 4.78 is 39.0. The van der Waals surface area contributed by atoms with Gasteiger partial charge < -0.3 is 5.73 Å². The molecule has 1 heterocycles. The molecule has 0 radical (unpaired) electrons. The molecule has 0 unspecified atom stereocenters. The van der Waals surface area contributed by atoms with E-state index in [0.29, 0.717) is 17.8 Å². The molecule has 2 aromatic rings. The van der Waals surface area contributed by atoms with Crippen LogP contribution in [-0.2, 0) is 12.6 Å². The molecule has 0 fully saturated rings. The van der Waals surface area contributed by atoms with Crippen LogP contribution in [0.1, 0.15) is 24.6 Å². The predicted octanol–water partition coefficient (Wildman–Crippen LogP) is 4.30. The summed E-state index contributed by atoms with van der Waals surface area (Å²) in [5, 5.41) is 0. The Bertz CT molecular complexity index is 656. The highest BCUT2D eigenvalue weighted by atomic mass is 127. The molecule has 21 heavy (non-hydrogen) atoms. The molecule has 2 rings (SSSR count). The van der Waals surface area contributed by atoms with Crippen molar-refractivity contribution in [2.24, 2.45) is 0 Å². The molecule has 0 aliphatic rings. The molecule has 0 bridgehead atoms. The smallest absolute Gasteiger partial charge is 0.383 e. The van der Waals surface area contributed by atoms with Crippen LogP contribution in [0.15, 0.2) is 24.3 Å². The first kappa shape index (κ1) is 16.0. The number of alkyl halides is 3. The van der Waals surface area contributed by atoms with Gasteiger partial charge in [0.1, 0.15) is 5.82 Å². The second-order valence-electron chi connectivity index (χ2n) is 4.52. The minimum absolute atomic E-state index is 0.225. The van der Waals surface area contributed by atoms with E-state index < -0.39 is 11.7 Å². The molecular formula is C14H13F3IN3. The molecule has 0 spiro atoms. The van der Waals surface area contributed by atoms with Crippen LogP contribution < -0.4 is 5.73 Å². The van der Waals surface area contributed by atoms with Gasteiger partial charge in [0.05, 0.1) is 14.8 Å². The lowest BCUT2D eigenvalue weighted by molar-refractivity contribution is -0.137. The molecule has 0 saturated carbocycles. The maximum Gasteiger partial charge on any atom is 0.416 e. The zero-order valence-electron chi connectivity index (χ0n) is 11.2. The molecule has 0 amide bonds. The van der Waals surface area contributed by atoms with Gasteiger partial charge in [0.15, 0.2) is 5.82 Å². The number of hydrogen-bond acceptors (Lipinski definition) is 3. The molecule has 3 nitrogen and oxygen atoms in total. The number of rotatable bonds is 3. The number of aromatic nitrogens is 2. The number of nitrogens with zero attached hydrogens (tertiary/aromatic N) is 2. The molecule has 7 heteroatoms. The Labute approximate surface area is 133 Å². The van der Waals surface area contributed by atoms with E-state index in [9.17, 15) is 13.2 Å². The van der Waals surface area contributed by atoms with Crippen LogP contribution in [0.25, 0.3) is 11.4 Å². The maximum absolute atomic E-state index is 12.8. The number of aryl methyl sites for hydroxylation is 1. The number of anilines is 1. The summed E-state index contributed by atoms with van der Waals surface area (Å²) in [6, 6.07) is 4.95. The summed E-state index contributed by atoms with van der Waals surface area (Å²) in [6.45, 7) is 2.00. The molecule has 0 saturated heterocycles. The summed E-state index contributed by atoms with van der Waals surface area (Å²) in [4.78, 5) is 8.45. The molecule has 1 aromatic carbocycles. The van der Waals surface area contributed by atoms with Crippen LogP contribution in [-0.4, -0.2) is 9.97 Å². The highest BCUT2D eigenvalue weighted by Gasteiger charge is 2.30. The lowest BCUT2D eigenvalue weighted by atomic mass is 10.1. The number of benzene rings is 1. The Balaban J connectivity index is 2.52. The molecule has 0 aliphatic heterocycles. The van der Waals surface area contributed by atoms with Crippen LogP contribution in [0.5, 0.6) is 0 Å². The van der Waals surface area contributed by atoms with Gasteiger partial charge in [-0.3, -0.25) is 0 Å². The van der Waals surface area contributed by atoms with Crippen LogP contribution >= 0.6 is 22.6 Å². The van der Waals surface area contributed by atoms with E-state index in [1.807, 2.05) is 6.92 Å². The van der Waals surface area contributed by atoms with E-state index in [1.165, 1.54) is 6.07 Å². The van der Waals surface area contributed by atoms with Crippen molar-refractivity contribution in [3.8, 4) is 11.4 Å². The second kappa shape index (κ2) is 6.17. The number of halogens is 4. The summed E-state index contributed by atoms with van der Waals surface area (Å²) in [5.41, 5.74) is 6.18. The quantitative estimate of drug-likeness (QED) is 0.773. The number of nitrogens with two attached hydrogens (primary N) is 1. The van der Waals surface area contributed by atoms with Crippen molar-refractivity contribution in [1.82, 2.24) is 9.97 Å². The van der Waals surface area contributed by atoms with Gasteiger partial charge in [-0.25, -0.2) is 9.97 Å². The van der Waals surface area contributed by atoms with Gasteiger partial charge >= 0.3 is 6.18 Å². The Morgan fingerprint density at radius 1 is 1.24 bits per heavy atom. The van der Waals surface area contributed by atoms with Gasteiger partial charge in [-0.15, -0.1) is 0 Å². The van der Waals surface area contributed by atoms with Gasteiger partial charge in [-0.05, 0) is 41.1 Å². The Morgan fingerprint density at radius 3 is 2.57 bits per heavy atom. The van der Waals surface area contributed by atoms with Crippen molar-refractivity contribution in [3.63, 3.8) is 0 Å². The Hall–Kier alpha value is -1.38. The topological polar surface area (TPSA) is 51.8 Å². The highest BCUT2D eigenvalue weighted by Crippen LogP contribution is 2.32. The molecule has 1 aromatic heterocycles. The minimum Gasteiger partial charge on any atom is -0.383 e. The fourth-order valence-electron chi connectivity index (χ4n) is 1.88. The van der Waals surface area contributed by atoms with E-state index in [2.05, 4.69) is 32.6 Å². The van der Waals surface area contributed by atoms with Gasteiger partial charge in [0.2, 0.25) is 0 Å². The first-order valence-corrected chi connectivity index (χ1v) is 7.40. The highest BCUT2D eigenvalue weighted by molar-refractivity contribution is 14.1. The number of hydrogen-bond donors (Lipinski definition) is 1. The zero-order chi connectivity index (χ0) is 15.6. The summed E-state index contributed by atoms with van der Waals surface area (Å²) in [7, 11) is 0. The number of nitrogen functional groups attached to an aromatic ring is 1. The predicted molar refractivity (Wildman–Crippen MR) is 83.6 cm³/mol. The summed E-state index contributed by atoms with van der Waals surface area (Å²) in [6.07, 6.45) is -2.82.